The van der Waals surface area contributed by atoms with Crippen LogP contribution in [0.2, 0.25) is 0 Å². The molecule has 0 saturated carbocycles. The van der Waals surface area contributed by atoms with Gasteiger partial charge in [0.05, 0.1) is 0 Å². The van der Waals surface area contributed by atoms with E-state index >= 15 is 0 Å². The van der Waals surface area contributed by atoms with E-state index in [0.29, 0.717) is 11.6 Å². The lowest BCUT2D eigenvalue weighted by molar-refractivity contribution is -0.134. The molecule has 0 radical (unpaired) electrons. The third-order valence-electron chi connectivity index (χ3n) is 1.66. The van der Waals surface area contributed by atoms with Crippen molar-refractivity contribution in [2.24, 2.45) is 0 Å². The van der Waals surface area contributed by atoms with Gasteiger partial charge >= 0.3 is 0 Å². The van der Waals surface area contributed by atoms with Gasteiger partial charge in [0.1, 0.15) is 5.76 Å². The Morgan fingerprint density at radius 3 is 2.38 bits per heavy atom. The first kappa shape index (κ1) is 9.51. The van der Waals surface area contributed by atoms with Gasteiger partial charge in [-0.2, -0.15) is 0 Å². The van der Waals surface area contributed by atoms with E-state index in [1.807, 2.05) is 0 Å². The predicted octanol–water partition coefficient (Wildman–Crippen LogP) is 1.14. The third kappa shape index (κ3) is 1.96. The van der Waals surface area contributed by atoms with E-state index in [1.54, 1.807) is 19.1 Å². The van der Waals surface area contributed by atoms with Crippen molar-refractivity contribution in [2.75, 3.05) is 11.9 Å². The fourth-order valence-corrected chi connectivity index (χ4v) is 0.938. The maximum absolute atomic E-state index is 11.2. The summed E-state index contributed by atoms with van der Waals surface area (Å²) in [5.41, 5.74) is 0. The molecule has 0 spiro atoms. The smallest absolute Gasteiger partial charge is 0.296 e. The summed E-state index contributed by atoms with van der Waals surface area (Å²) in [7, 11) is 1.50. The van der Waals surface area contributed by atoms with Crippen LogP contribution in [0.25, 0.3) is 0 Å². The first-order valence-corrected chi connectivity index (χ1v) is 3.87. The zero-order valence-corrected chi connectivity index (χ0v) is 7.83. The lowest BCUT2D eigenvalue weighted by atomic mass is 10.4. The molecule has 0 aliphatic heterocycles. The van der Waals surface area contributed by atoms with Gasteiger partial charge in [-0.05, 0) is 13.0 Å². The first-order valence-electron chi connectivity index (χ1n) is 3.87. The number of rotatable bonds is 2. The Labute approximate surface area is 76.1 Å². The van der Waals surface area contributed by atoms with Gasteiger partial charge in [0, 0.05) is 20.0 Å². The molecule has 1 heterocycles. The van der Waals surface area contributed by atoms with Gasteiger partial charge in [0.2, 0.25) is 11.7 Å². The molecule has 0 bridgehead atoms. The lowest BCUT2D eigenvalue weighted by Gasteiger charge is -2.10. The SMILES string of the molecule is CC(=O)C(=O)N(C)c1ccc(C)o1. The average molecular weight is 181 g/mol. The van der Waals surface area contributed by atoms with Crippen LogP contribution >= 0.6 is 0 Å². The summed E-state index contributed by atoms with van der Waals surface area (Å²) in [5.74, 6) is 0.0156. The van der Waals surface area contributed by atoms with Crippen LogP contribution in [0.5, 0.6) is 0 Å². The number of carbonyl (C=O) groups is 2. The summed E-state index contributed by atoms with van der Waals surface area (Å²) in [4.78, 5) is 23.1. The van der Waals surface area contributed by atoms with Crippen molar-refractivity contribution in [3.8, 4) is 0 Å². The summed E-state index contributed by atoms with van der Waals surface area (Å²) in [6.07, 6.45) is 0. The number of aryl methyl sites for hydroxylation is 1. The van der Waals surface area contributed by atoms with Crippen molar-refractivity contribution < 1.29 is 14.0 Å². The van der Waals surface area contributed by atoms with Crippen molar-refractivity contribution in [1.29, 1.82) is 0 Å². The van der Waals surface area contributed by atoms with E-state index in [4.69, 9.17) is 4.42 Å². The van der Waals surface area contributed by atoms with Crippen LogP contribution in [0.1, 0.15) is 12.7 Å². The second-order valence-corrected chi connectivity index (χ2v) is 2.80. The Balaban J connectivity index is 2.85. The minimum Gasteiger partial charge on any atom is -0.445 e. The Bertz CT molecular complexity index is 340. The van der Waals surface area contributed by atoms with E-state index in [0.717, 1.165) is 0 Å². The Morgan fingerprint density at radius 1 is 1.38 bits per heavy atom. The fraction of sp³-hybridized carbons (Fsp3) is 0.333. The predicted molar refractivity (Wildman–Crippen MR) is 47.5 cm³/mol. The van der Waals surface area contributed by atoms with E-state index < -0.39 is 11.7 Å². The molecule has 1 aromatic rings. The molecule has 0 aliphatic rings. The molecule has 1 amide bonds. The van der Waals surface area contributed by atoms with Crippen LogP contribution < -0.4 is 4.90 Å². The van der Waals surface area contributed by atoms with Gasteiger partial charge in [0.15, 0.2) is 0 Å². The number of furan rings is 1. The fourth-order valence-electron chi connectivity index (χ4n) is 0.938. The van der Waals surface area contributed by atoms with Gasteiger partial charge in [-0.3, -0.25) is 14.5 Å². The van der Waals surface area contributed by atoms with E-state index in [9.17, 15) is 9.59 Å². The second-order valence-electron chi connectivity index (χ2n) is 2.80. The van der Waals surface area contributed by atoms with E-state index in [-0.39, 0.29) is 0 Å². The molecule has 1 aromatic heterocycles. The standard InChI is InChI=1S/C9H11NO3/c1-6-4-5-8(13-6)10(3)9(12)7(2)11/h4-5H,1-3H3. The lowest BCUT2D eigenvalue weighted by Crippen LogP contribution is -2.31. The number of hydrogen-bond donors (Lipinski definition) is 0. The summed E-state index contributed by atoms with van der Waals surface area (Å²) in [6.45, 7) is 3.00. The molecule has 0 fully saturated rings. The molecule has 0 atom stereocenters. The number of likely N-dealkylation sites (N-methyl/N-ethyl adjacent to an activating group) is 1. The number of anilines is 1. The highest BCUT2D eigenvalue weighted by Crippen LogP contribution is 2.16. The number of ketones is 1. The molecule has 0 saturated heterocycles. The summed E-state index contributed by atoms with van der Waals surface area (Å²) < 4.78 is 5.17. The minimum absolute atomic E-state index is 0.387. The van der Waals surface area contributed by atoms with Crippen LogP contribution in [0.4, 0.5) is 5.88 Å². The molecule has 4 nitrogen and oxygen atoms in total. The monoisotopic (exact) mass is 181 g/mol. The van der Waals surface area contributed by atoms with E-state index in [1.165, 1.54) is 18.9 Å². The van der Waals surface area contributed by atoms with Crippen molar-refractivity contribution >= 4 is 17.6 Å². The average Bonchev–Trinajstić information content (AvgIpc) is 2.49. The van der Waals surface area contributed by atoms with Crippen molar-refractivity contribution in [3.63, 3.8) is 0 Å². The topological polar surface area (TPSA) is 50.5 Å². The summed E-state index contributed by atoms with van der Waals surface area (Å²) in [6, 6.07) is 3.38. The van der Waals surface area contributed by atoms with Gasteiger partial charge in [-0.15, -0.1) is 0 Å². The van der Waals surface area contributed by atoms with Crippen molar-refractivity contribution in [2.45, 2.75) is 13.8 Å². The quantitative estimate of drug-likeness (QED) is 0.643. The Morgan fingerprint density at radius 2 is 2.00 bits per heavy atom. The normalized spacial score (nSPS) is 9.77. The molecule has 0 unspecified atom stereocenters. The molecule has 70 valence electrons. The van der Waals surface area contributed by atoms with Crippen LogP contribution in [-0.4, -0.2) is 18.7 Å². The molecule has 4 heteroatoms. The number of amides is 1. The molecule has 1 rings (SSSR count). The molecule has 13 heavy (non-hydrogen) atoms. The van der Waals surface area contributed by atoms with Gasteiger partial charge in [-0.1, -0.05) is 0 Å². The summed E-state index contributed by atoms with van der Waals surface area (Å²) in [5, 5.41) is 0. The highest BCUT2D eigenvalue weighted by atomic mass is 16.4. The van der Waals surface area contributed by atoms with Gasteiger partial charge < -0.3 is 4.42 Å². The maximum Gasteiger partial charge on any atom is 0.296 e. The first-order chi connectivity index (χ1) is 6.02. The minimum atomic E-state index is -0.575. The van der Waals surface area contributed by atoms with Crippen molar-refractivity contribution in [3.05, 3.63) is 17.9 Å². The van der Waals surface area contributed by atoms with E-state index in [2.05, 4.69) is 0 Å². The number of carbonyl (C=O) groups excluding carboxylic acids is 2. The number of hydrogen-bond acceptors (Lipinski definition) is 3. The van der Waals surface area contributed by atoms with Crippen LogP contribution in [0.3, 0.4) is 0 Å². The van der Waals surface area contributed by atoms with Crippen LogP contribution in [0.15, 0.2) is 16.5 Å². The Kier molecular flexibility index (Phi) is 2.51. The number of Topliss-reactive ketones (excluding diaryl/α,β-unsaturated/α-hetero) is 1. The highest BCUT2D eigenvalue weighted by molar-refractivity contribution is 6.40. The van der Waals surface area contributed by atoms with Crippen LogP contribution in [0, 0.1) is 6.92 Å². The highest BCUT2D eigenvalue weighted by Gasteiger charge is 2.17. The molecule has 0 N–H and O–H groups in total. The number of nitrogens with zero attached hydrogens (tertiary/aromatic N) is 1. The largest absolute Gasteiger partial charge is 0.445 e. The Hall–Kier alpha value is -1.58. The zero-order valence-electron chi connectivity index (χ0n) is 7.83. The molecular formula is C9H11NO3. The van der Waals surface area contributed by atoms with Gasteiger partial charge in [-0.25, -0.2) is 0 Å². The summed E-state index contributed by atoms with van der Waals surface area (Å²) >= 11 is 0. The maximum atomic E-state index is 11.2. The third-order valence-corrected chi connectivity index (χ3v) is 1.66. The second kappa shape index (κ2) is 3.43. The molecule has 0 aliphatic carbocycles. The molecule has 0 aromatic carbocycles. The van der Waals surface area contributed by atoms with Gasteiger partial charge in [0.25, 0.3) is 5.91 Å². The molecular weight excluding hydrogens is 170 g/mol. The van der Waals surface area contributed by atoms with Crippen LogP contribution in [-0.2, 0) is 9.59 Å². The van der Waals surface area contributed by atoms with Crippen molar-refractivity contribution in [1.82, 2.24) is 0 Å². The zero-order chi connectivity index (χ0) is 10.0.